The topological polar surface area (TPSA) is 68.2 Å². The Morgan fingerprint density at radius 3 is 2.37 bits per heavy atom. The third kappa shape index (κ3) is 6.42. The van der Waals surface area contributed by atoms with Gasteiger partial charge >= 0.3 is 0 Å². The summed E-state index contributed by atoms with van der Waals surface area (Å²) in [4.78, 5) is 16.0. The zero-order valence-electron chi connectivity index (χ0n) is 23.7. The highest BCUT2D eigenvalue weighted by molar-refractivity contribution is 6.31. The maximum absolute atomic E-state index is 15.8. The lowest BCUT2D eigenvalue weighted by Crippen LogP contribution is -2.45. The molecule has 1 saturated heterocycles. The number of hydrogen-bond donors (Lipinski definition) is 2. The normalized spacial score (nSPS) is 22.5. The molecule has 4 rings (SSSR count). The van der Waals surface area contributed by atoms with Gasteiger partial charge in [-0.15, -0.1) is 0 Å². The fourth-order valence-corrected chi connectivity index (χ4v) is 6.18. The van der Waals surface area contributed by atoms with Crippen molar-refractivity contribution in [1.82, 2.24) is 10.2 Å². The van der Waals surface area contributed by atoms with Crippen molar-refractivity contribution in [3.05, 3.63) is 99.0 Å². The number of benzene rings is 3. The first kappa shape index (κ1) is 30.9. The highest BCUT2D eigenvalue weighted by Crippen LogP contribution is 2.52. The molecule has 0 spiro atoms. The van der Waals surface area contributed by atoms with E-state index in [0.29, 0.717) is 12.1 Å². The number of nitrogens with one attached hydrogen (secondary N) is 2. The van der Waals surface area contributed by atoms with E-state index < -0.39 is 41.0 Å². The summed E-state index contributed by atoms with van der Waals surface area (Å²) in [5, 5.41) is 17.2. The van der Waals surface area contributed by atoms with Crippen LogP contribution in [0.4, 0.5) is 14.5 Å². The van der Waals surface area contributed by atoms with Gasteiger partial charge in [0.1, 0.15) is 17.0 Å². The van der Waals surface area contributed by atoms with E-state index >= 15 is 8.78 Å². The Bertz CT molecular complexity index is 1470. The van der Waals surface area contributed by atoms with Crippen LogP contribution in [0.25, 0.3) is 0 Å². The number of anilines is 1. The number of nitriles is 1. The van der Waals surface area contributed by atoms with Crippen LogP contribution in [0.3, 0.4) is 0 Å². The van der Waals surface area contributed by atoms with E-state index in [9.17, 15) is 10.1 Å². The molecule has 1 heterocycles. The SMILES string of the molecule is CN(C)Cc1ccc(NC(=O)[C@H]2N[C@H](CC(C)(C)C)[C@@](C#N)(c3ccc(Cl)cc3F)[C@@H]2c2cccc(Cl)c2F)cc1. The average molecular weight is 600 g/mol. The third-order valence-corrected chi connectivity index (χ3v) is 7.98. The molecule has 1 amide bonds. The molecule has 0 bridgehead atoms. The van der Waals surface area contributed by atoms with Crippen LogP contribution in [0, 0.1) is 28.4 Å². The van der Waals surface area contributed by atoms with Crippen LogP contribution in [0.1, 0.15) is 49.8 Å². The predicted molar refractivity (Wildman–Crippen MR) is 160 cm³/mol. The van der Waals surface area contributed by atoms with Crippen LogP contribution < -0.4 is 10.6 Å². The Hall–Kier alpha value is -3.02. The molecule has 3 aromatic rings. The summed E-state index contributed by atoms with van der Waals surface area (Å²) in [5.41, 5.74) is -0.293. The summed E-state index contributed by atoms with van der Waals surface area (Å²) in [6.45, 7) is 6.71. The van der Waals surface area contributed by atoms with E-state index in [1.807, 2.05) is 51.9 Å². The number of hydrogen-bond acceptors (Lipinski definition) is 4. The van der Waals surface area contributed by atoms with E-state index in [1.54, 1.807) is 18.2 Å². The van der Waals surface area contributed by atoms with E-state index in [2.05, 4.69) is 16.7 Å². The van der Waals surface area contributed by atoms with Crippen molar-refractivity contribution in [3.63, 3.8) is 0 Å². The van der Waals surface area contributed by atoms with Gasteiger partial charge in [-0.2, -0.15) is 5.26 Å². The van der Waals surface area contributed by atoms with Gasteiger partial charge in [0, 0.05) is 34.8 Å². The second-order valence-electron chi connectivity index (χ2n) is 12.1. The minimum atomic E-state index is -1.68. The maximum atomic E-state index is 15.8. The van der Waals surface area contributed by atoms with E-state index in [1.165, 1.54) is 24.3 Å². The molecule has 0 unspecified atom stereocenters. The molecule has 1 fully saturated rings. The van der Waals surface area contributed by atoms with E-state index in [0.717, 1.165) is 18.2 Å². The summed E-state index contributed by atoms with van der Waals surface area (Å²) in [5.74, 6) is -3.05. The molecule has 0 aromatic heterocycles. The zero-order valence-corrected chi connectivity index (χ0v) is 25.2. The Morgan fingerprint density at radius 1 is 1.10 bits per heavy atom. The maximum Gasteiger partial charge on any atom is 0.242 e. The lowest BCUT2D eigenvalue weighted by atomic mass is 9.62. The van der Waals surface area contributed by atoms with Gasteiger partial charge in [0.05, 0.1) is 17.1 Å². The molecule has 2 N–H and O–H groups in total. The zero-order chi connectivity index (χ0) is 30.1. The molecule has 3 aromatic carbocycles. The van der Waals surface area contributed by atoms with Crippen molar-refractivity contribution < 1.29 is 13.6 Å². The average Bonchev–Trinajstić information content (AvgIpc) is 3.19. The Morgan fingerprint density at radius 2 is 1.78 bits per heavy atom. The summed E-state index contributed by atoms with van der Waals surface area (Å²) < 4.78 is 31.5. The van der Waals surface area contributed by atoms with Gasteiger partial charge in [-0.25, -0.2) is 8.78 Å². The molecular formula is C32H34Cl2F2N4O. The number of carbonyl (C=O) groups is 1. The largest absolute Gasteiger partial charge is 0.325 e. The lowest BCUT2D eigenvalue weighted by molar-refractivity contribution is -0.118. The van der Waals surface area contributed by atoms with Crippen molar-refractivity contribution in [2.24, 2.45) is 5.41 Å². The minimum absolute atomic E-state index is 0.0406. The van der Waals surface area contributed by atoms with Gasteiger partial charge in [0.15, 0.2) is 0 Å². The standard InChI is InChI=1S/C32H34Cl2F2N4O/c1-31(2,3)16-26-32(18-37,23-14-11-20(33)15-25(23)35)27(22-7-6-8-24(34)28(22)36)29(39-26)30(41)38-21-12-9-19(10-13-21)17-40(4)5/h6-15,26-27,29,39H,16-17H2,1-5H3,(H,38,41)/t26-,27-,29+,32-/m1/s1. The quantitative estimate of drug-likeness (QED) is 0.299. The molecule has 1 aliphatic heterocycles. The van der Waals surface area contributed by atoms with Crippen molar-refractivity contribution in [2.75, 3.05) is 19.4 Å². The molecule has 0 radical (unpaired) electrons. The summed E-state index contributed by atoms with van der Waals surface area (Å²) in [7, 11) is 3.94. The van der Waals surface area contributed by atoms with Gasteiger partial charge in [-0.3, -0.25) is 4.79 Å². The molecule has 9 heteroatoms. The summed E-state index contributed by atoms with van der Waals surface area (Å²) in [6, 6.07) is 16.5. The van der Waals surface area contributed by atoms with Crippen molar-refractivity contribution in [3.8, 4) is 6.07 Å². The first-order valence-electron chi connectivity index (χ1n) is 13.4. The van der Waals surface area contributed by atoms with E-state index in [-0.39, 0.29) is 26.6 Å². The Balaban J connectivity index is 1.88. The van der Waals surface area contributed by atoms with Crippen LogP contribution in [-0.2, 0) is 16.8 Å². The smallest absolute Gasteiger partial charge is 0.242 e. The van der Waals surface area contributed by atoms with E-state index in [4.69, 9.17) is 23.2 Å². The number of nitrogens with zero attached hydrogens (tertiary/aromatic N) is 2. The summed E-state index contributed by atoms with van der Waals surface area (Å²) >= 11 is 12.3. The molecule has 5 nitrogen and oxygen atoms in total. The number of amides is 1. The highest BCUT2D eigenvalue weighted by atomic mass is 35.5. The fourth-order valence-electron chi connectivity index (χ4n) is 5.84. The first-order valence-corrected chi connectivity index (χ1v) is 14.1. The van der Waals surface area contributed by atoms with Gasteiger partial charge in [0.2, 0.25) is 5.91 Å². The second kappa shape index (κ2) is 12.1. The third-order valence-electron chi connectivity index (χ3n) is 7.45. The number of carbonyl (C=O) groups excluding carboxylic acids is 1. The number of halogens is 4. The predicted octanol–water partition coefficient (Wildman–Crippen LogP) is 7.29. The van der Waals surface area contributed by atoms with Crippen molar-refractivity contribution in [1.29, 1.82) is 5.26 Å². The van der Waals surface area contributed by atoms with Crippen LogP contribution in [0.2, 0.25) is 10.0 Å². The summed E-state index contributed by atoms with van der Waals surface area (Å²) in [6.07, 6.45) is 0.393. The number of rotatable bonds is 7. The van der Waals surface area contributed by atoms with Crippen LogP contribution in [0.5, 0.6) is 0 Å². The van der Waals surface area contributed by atoms with Gasteiger partial charge in [-0.1, -0.05) is 74.3 Å². The monoisotopic (exact) mass is 598 g/mol. The Labute approximate surface area is 250 Å². The van der Waals surface area contributed by atoms with Crippen molar-refractivity contribution in [2.45, 2.75) is 57.2 Å². The molecule has 216 valence electrons. The Kier molecular flexibility index (Phi) is 9.10. The van der Waals surface area contributed by atoms with Gasteiger partial charge in [0.25, 0.3) is 0 Å². The minimum Gasteiger partial charge on any atom is -0.325 e. The fraction of sp³-hybridized carbons (Fsp3) is 0.375. The molecule has 41 heavy (non-hydrogen) atoms. The van der Waals surface area contributed by atoms with Crippen molar-refractivity contribution >= 4 is 34.8 Å². The molecule has 4 atom stereocenters. The molecule has 0 aliphatic carbocycles. The molecule has 1 aliphatic rings. The second-order valence-corrected chi connectivity index (χ2v) is 13.0. The van der Waals surface area contributed by atoms with Gasteiger partial charge in [-0.05, 0) is 67.4 Å². The lowest BCUT2D eigenvalue weighted by Gasteiger charge is -2.37. The first-order chi connectivity index (χ1) is 19.3. The molecular weight excluding hydrogens is 565 g/mol. The van der Waals surface area contributed by atoms with Crippen LogP contribution in [-0.4, -0.2) is 37.0 Å². The highest BCUT2D eigenvalue weighted by Gasteiger charge is 2.61. The van der Waals surface area contributed by atoms with Crippen LogP contribution >= 0.6 is 23.2 Å². The van der Waals surface area contributed by atoms with Crippen LogP contribution in [0.15, 0.2) is 60.7 Å². The van der Waals surface area contributed by atoms with Gasteiger partial charge < -0.3 is 15.5 Å². The molecule has 0 saturated carbocycles.